The van der Waals surface area contributed by atoms with Crippen molar-refractivity contribution in [3.63, 3.8) is 0 Å². The average molecular weight is 255 g/mol. The van der Waals surface area contributed by atoms with Crippen LogP contribution in [0.25, 0.3) is 0 Å². The molecule has 0 aromatic rings. The zero-order valence-corrected chi connectivity index (χ0v) is 12.2. The van der Waals surface area contributed by atoms with E-state index in [0.29, 0.717) is 17.4 Å². The van der Waals surface area contributed by atoms with Crippen molar-refractivity contribution in [1.29, 1.82) is 0 Å². The smallest absolute Gasteiger partial charge is 0.0613 e. The fraction of sp³-hybridized carbons (Fsp3) is 1.00. The van der Waals surface area contributed by atoms with Gasteiger partial charge in [0.05, 0.1) is 6.61 Å². The molecule has 1 heterocycles. The van der Waals surface area contributed by atoms with Gasteiger partial charge in [-0.25, -0.2) is 0 Å². The van der Waals surface area contributed by atoms with Crippen LogP contribution in [0.15, 0.2) is 0 Å². The maximum atomic E-state index is 9.93. The summed E-state index contributed by atoms with van der Waals surface area (Å²) >= 11 is 0. The number of aliphatic hydroxyl groups excluding tert-OH is 1. The molecule has 1 saturated carbocycles. The van der Waals surface area contributed by atoms with E-state index in [1.54, 1.807) is 0 Å². The lowest BCUT2D eigenvalue weighted by Gasteiger charge is -2.49. The fourth-order valence-electron chi connectivity index (χ4n) is 4.29. The van der Waals surface area contributed by atoms with Gasteiger partial charge in [0.25, 0.3) is 0 Å². The van der Waals surface area contributed by atoms with Crippen molar-refractivity contribution in [2.24, 2.45) is 11.3 Å². The molecule has 0 aromatic heterocycles. The van der Waals surface area contributed by atoms with E-state index in [2.05, 4.69) is 26.1 Å². The van der Waals surface area contributed by atoms with Gasteiger partial charge in [-0.05, 0) is 43.4 Å². The van der Waals surface area contributed by atoms with E-state index >= 15 is 0 Å². The van der Waals surface area contributed by atoms with Gasteiger partial charge in [0, 0.05) is 24.8 Å². The summed E-state index contributed by atoms with van der Waals surface area (Å²) in [5.74, 6) is 0.688. The molecule has 3 nitrogen and oxygen atoms in total. The Morgan fingerprint density at radius 2 is 1.89 bits per heavy atom. The van der Waals surface area contributed by atoms with E-state index in [0.717, 1.165) is 38.9 Å². The van der Waals surface area contributed by atoms with Crippen LogP contribution in [0.3, 0.4) is 0 Å². The van der Waals surface area contributed by atoms with Gasteiger partial charge >= 0.3 is 0 Å². The van der Waals surface area contributed by atoms with Crippen molar-refractivity contribution in [1.82, 2.24) is 5.32 Å². The zero-order valence-electron chi connectivity index (χ0n) is 12.2. The van der Waals surface area contributed by atoms with Gasteiger partial charge in [0.2, 0.25) is 0 Å². The molecular formula is C15H29NO2. The zero-order chi connectivity index (χ0) is 13.2. The van der Waals surface area contributed by atoms with Crippen molar-refractivity contribution >= 4 is 0 Å². The third-order valence-corrected chi connectivity index (χ3v) is 4.49. The summed E-state index contributed by atoms with van der Waals surface area (Å²) in [6.07, 6.45) is 5.61. The van der Waals surface area contributed by atoms with Crippen LogP contribution in [-0.2, 0) is 4.74 Å². The molecule has 2 unspecified atom stereocenters. The summed E-state index contributed by atoms with van der Waals surface area (Å²) in [6.45, 7) is 8.96. The lowest BCUT2D eigenvalue weighted by atomic mass is 9.64. The van der Waals surface area contributed by atoms with Crippen LogP contribution in [0.4, 0.5) is 0 Å². The second kappa shape index (κ2) is 5.48. The van der Waals surface area contributed by atoms with Crippen molar-refractivity contribution in [3.05, 3.63) is 0 Å². The lowest BCUT2D eigenvalue weighted by molar-refractivity contribution is 0.00839. The molecule has 0 amide bonds. The van der Waals surface area contributed by atoms with Crippen molar-refractivity contribution < 1.29 is 9.84 Å². The molecule has 0 radical (unpaired) electrons. The molecule has 0 aromatic carbocycles. The summed E-state index contributed by atoms with van der Waals surface area (Å²) in [4.78, 5) is 0. The Labute approximate surface area is 111 Å². The highest BCUT2D eigenvalue weighted by Gasteiger charge is 2.43. The number of ether oxygens (including phenoxy) is 1. The quantitative estimate of drug-likeness (QED) is 0.813. The summed E-state index contributed by atoms with van der Waals surface area (Å²) in [6, 6.07) is 0.520. The molecule has 1 aliphatic heterocycles. The molecule has 3 heteroatoms. The van der Waals surface area contributed by atoms with E-state index in [-0.39, 0.29) is 12.1 Å². The SMILES string of the molecule is CC1CC(C)(C)CC(CO)(NC2CCOCC2)C1. The first-order valence-electron chi connectivity index (χ1n) is 7.41. The third-order valence-electron chi connectivity index (χ3n) is 4.49. The highest BCUT2D eigenvalue weighted by atomic mass is 16.5. The average Bonchev–Trinajstić information content (AvgIpc) is 2.27. The van der Waals surface area contributed by atoms with Crippen LogP contribution in [0.2, 0.25) is 0 Å². The molecule has 2 aliphatic rings. The van der Waals surface area contributed by atoms with Crippen LogP contribution >= 0.6 is 0 Å². The summed E-state index contributed by atoms with van der Waals surface area (Å²) in [7, 11) is 0. The van der Waals surface area contributed by atoms with Gasteiger partial charge in [-0.1, -0.05) is 20.8 Å². The van der Waals surface area contributed by atoms with Crippen LogP contribution in [0.5, 0.6) is 0 Å². The van der Waals surface area contributed by atoms with E-state index < -0.39 is 0 Å². The largest absolute Gasteiger partial charge is 0.394 e. The van der Waals surface area contributed by atoms with Gasteiger partial charge in [0.1, 0.15) is 0 Å². The van der Waals surface area contributed by atoms with Gasteiger partial charge in [-0.2, -0.15) is 0 Å². The molecule has 18 heavy (non-hydrogen) atoms. The van der Waals surface area contributed by atoms with Crippen molar-refractivity contribution in [2.75, 3.05) is 19.8 Å². The van der Waals surface area contributed by atoms with Crippen molar-refractivity contribution in [2.45, 2.75) is 64.5 Å². The second-order valence-electron chi connectivity index (χ2n) is 7.32. The summed E-state index contributed by atoms with van der Waals surface area (Å²) in [5, 5.41) is 13.7. The topological polar surface area (TPSA) is 41.5 Å². The lowest BCUT2D eigenvalue weighted by Crippen LogP contribution is -2.59. The Morgan fingerprint density at radius 1 is 1.22 bits per heavy atom. The minimum absolute atomic E-state index is 0.0663. The maximum Gasteiger partial charge on any atom is 0.0613 e. The monoisotopic (exact) mass is 255 g/mol. The number of hydrogen-bond donors (Lipinski definition) is 2. The van der Waals surface area contributed by atoms with Crippen LogP contribution < -0.4 is 5.32 Å². The van der Waals surface area contributed by atoms with Gasteiger partial charge in [-0.15, -0.1) is 0 Å². The number of hydrogen-bond acceptors (Lipinski definition) is 3. The van der Waals surface area contributed by atoms with Crippen LogP contribution in [0, 0.1) is 11.3 Å². The Bertz CT molecular complexity index is 274. The Morgan fingerprint density at radius 3 is 2.44 bits per heavy atom. The second-order valence-corrected chi connectivity index (χ2v) is 7.32. The minimum atomic E-state index is -0.0663. The molecule has 106 valence electrons. The molecule has 0 spiro atoms. The number of rotatable bonds is 3. The number of aliphatic hydroxyl groups is 1. The number of nitrogens with one attached hydrogen (secondary N) is 1. The molecule has 2 N–H and O–H groups in total. The molecule has 2 rings (SSSR count). The summed E-state index contributed by atoms with van der Waals surface area (Å²) < 4.78 is 5.42. The third kappa shape index (κ3) is 3.46. The first-order chi connectivity index (χ1) is 8.45. The van der Waals surface area contributed by atoms with E-state index in [1.807, 2.05) is 0 Å². The standard InChI is InChI=1S/C15H29NO2/c1-12-8-14(2,3)10-15(9-12,11-17)16-13-4-6-18-7-5-13/h12-13,16-17H,4-11H2,1-3H3. The highest BCUT2D eigenvalue weighted by Crippen LogP contribution is 2.44. The Hall–Kier alpha value is -0.120. The van der Waals surface area contributed by atoms with Gasteiger partial charge < -0.3 is 15.2 Å². The van der Waals surface area contributed by atoms with Crippen LogP contribution in [0.1, 0.15) is 52.9 Å². The van der Waals surface area contributed by atoms with E-state index in [9.17, 15) is 5.11 Å². The molecule has 2 fully saturated rings. The molecule has 1 saturated heterocycles. The van der Waals surface area contributed by atoms with Gasteiger partial charge in [0.15, 0.2) is 0 Å². The molecule has 2 atom stereocenters. The predicted octanol–water partition coefficient (Wildman–Crippen LogP) is 2.33. The molecule has 0 bridgehead atoms. The fourth-order valence-corrected chi connectivity index (χ4v) is 4.29. The van der Waals surface area contributed by atoms with Gasteiger partial charge in [-0.3, -0.25) is 0 Å². The maximum absolute atomic E-state index is 9.93. The van der Waals surface area contributed by atoms with E-state index in [4.69, 9.17) is 4.74 Å². The predicted molar refractivity (Wildman–Crippen MR) is 73.6 cm³/mol. The normalized spacial score (nSPS) is 37.7. The Balaban J connectivity index is 2.04. The first-order valence-corrected chi connectivity index (χ1v) is 7.41. The minimum Gasteiger partial charge on any atom is -0.394 e. The van der Waals surface area contributed by atoms with Crippen molar-refractivity contribution in [3.8, 4) is 0 Å². The first kappa shape index (κ1) is 14.3. The Kier molecular flexibility index (Phi) is 4.35. The summed E-state index contributed by atoms with van der Waals surface area (Å²) in [5.41, 5.74) is 0.266. The highest BCUT2D eigenvalue weighted by molar-refractivity contribution is 5.00. The van der Waals surface area contributed by atoms with E-state index in [1.165, 1.54) is 6.42 Å². The van der Waals surface area contributed by atoms with Crippen LogP contribution in [-0.4, -0.2) is 36.5 Å². The molecule has 1 aliphatic carbocycles. The molecular weight excluding hydrogens is 226 g/mol.